The van der Waals surface area contributed by atoms with Gasteiger partial charge in [0.05, 0.1) is 7.11 Å². The molecule has 0 fully saturated rings. The zero-order valence-electron chi connectivity index (χ0n) is 11.3. The van der Waals surface area contributed by atoms with Gasteiger partial charge in [0.25, 0.3) is 0 Å². The summed E-state index contributed by atoms with van der Waals surface area (Å²) in [4.78, 5) is 14.5. The predicted octanol–water partition coefficient (Wildman–Crippen LogP) is 2.50. The predicted molar refractivity (Wildman–Crippen MR) is 73.8 cm³/mol. The SMILES string of the molecule is CC.COc1ccccn1.Cn1ccccc1=O. The van der Waals surface area contributed by atoms with Gasteiger partial charge < -0.3 is 9.30 Å². The Labute approximate surface area is 108 Å². The van der Waals surface area contributed by atoms with Gasteiger partial charge in [-0.3, -0.25) is 4.79 Å². The maximum absolute atomic E-state index is 10.6. The minimum atomic E-state index is 0.0347. The van der Waals surface area contributed by atoms with Crippen LogP contribution in [0, 0.1) is 0 Å². The van der Waals surface area contributed by atoms with Crippen molar-refractivity contribution in [2.45, 2.75) is 13.8 Å². The first-order valence-electron chi connectivity index (χ1n) is 5.80. The van der Waals surface area contributed by atoms with E-state index in [0.717, 1.165) is 0 Å². The number of ether oxygens (including phenoxy) is 1. The molecule has 2 aromatic heterocycles. The molecule has 2 heterocycles. The van der Waals surface area contributed by atoms with Gasteiger partial charge in [0.1, 0.15) is 0 Å². The monoisotopic (exact) mass is 248 g/mol. The lowest BCUT2D eigenvalue weighted by atomic mass is 10.5. The number of methoxy groups -OCH3 is 1. The minimum Gasteiger partial charge on any atom is -0.481 e. The lowest BCUT2D eigenvalue weighted by Gasteiger charge is -1.92. The average Bonchev–Trinajstić information content (AvgIpc) is 2.46. The summed E-state index contributed by atoms with van der Waals surface area (Å²) in [5.74, 6) is 0.660. The largest absolute Gasteiger partial charge is 0.481 e. The molecule has 18 heavy (non-hydrogen) atoms. The molecule has 0 aliphatic carbocycles. The second-order valence-electron chi connectivity index (χ2n) is 3.02. The minimum absolute atomic E-state index is 0.0347. The fourth-order valence-electron chi connectivity index (χ4n) is 0.976. The summed E-state index contributed by atoms with van der Waals surface area (Å²) in [6, 6.07) is 10.6. The Morgan fingerprint density at radius 1 is 1.11 bits per heavy atom. The molecule has 4 heteroatoms. The van der Waals surface area contributed by atoms with Crippen LogP contribution < -0.4 is 10.3 Å². The molecular weight excluding hydrogens is 228 g/mol. The van der Waals surface area contributed by atoms with Crippen LogP contribution in [0.15, 0.2) is 53.6 Å². The highest BCUT2D eigenvalue weighted by atomic mass is 16.5. The summed E-state index contributed by atoms with van der Waals surface area (Å²) in [6.45, 7) is 4.00. The Morgan fingerprint density at radius 2 is 1.78 bits per heavy atom. The van der Waals surface area contributed by atoms with Crippen molar-refractivity contribution >= 4 is 0 Å². The van der Waals surface area contributed by atoms with E-state index in [1.54, 1.807) is 38.7 Å². The van der Waals surface area contributed by atoms with E-state index < -0.39 is 0 Å². The molecule has 0 unspecified atom stereocenters. The third kappa shape index (κ3) is 6.48. The number of hydrogen-bond acceptors (Lipinski definition) is 3. The van der Waals surface area contributed by atoms with E-state index in [2.05, 4.69) is 4.98 Å². The van der Waals surface area contributed by atoms with Crippen LogP contribution >= 0.6 is 0 Å². The van der Waals surface area contributed by atoms with Crippen LogP contribution in [0.2, 0.25) is 0 Å². The molecule has 4 nitrogen and oxygen atoms in total. The lowest BCUT2D eigenvalue weighted by Crippen LogP contribution is -2.12. The molecular formula is C14H20N2O2. The summed E-state index contributed by atoms with van der Waals surface area (Å²) in [7, 11) is 3.32. The van der Waals surface area contributed by atoms with Crippen LogP contribution in [0.25, 0.3) is 0 Å². The van der Waals surface area contributed by atoms with Gasteiger partial charge >= 0.3 is 0 Å². The van der Waals surface area contributed by atoms with Gasteiger partial charge in [-0.2, -0.15) is 0 Å². The molecule has 98 valence electrons. The van der Waals surface area contributed by atoms with Gasteiger partial charge in [0.15, 0.2) is 0 Å². The average molecular weight is 248 g/mol. The Balaban J connectivity index is 0.000000283. The molecule has 0 aliphatic rings. The highest BCUT2D eigenvalue weighted by Gasteiger charge is 1.82. The van der Waals surface area contributed by atoms with E-state index in [-0.39, 0.29) is 5.56 Å². The van der Waals surface area contributed by atoms with Gasteiger partial charge in [0, 0.05) is 31.6 Å². The third-order valence-corrected chi connectivity index (χ3v) is 1.85. The maximum atomic E-state index is 10.6. The van der Waals surface area contributed by atoms with Crippen molar-refractivity contribution in [2.24, 2.45) is 7.05 Å². The standard InChI is InChI=1S/2C6H7NO.C2H6/c1-8-6-4-2-3-5-7-6;1-7-5-3-2-4-6(7)8;1-2/h2*2-5H,1H3;1-2H3. The molecule has 0 bridgehead atoms. The number of nitrogens with zero attached hydrogens (tertiary/aromatic N) is 2. The van der Waals surface area contributed by atoms with Crippen molar-refractivity contribution in [1.82, 2.24) is 9.55 Å². The Bertz CT molecular complexity index is 466. The highest BCUT2D eigenvalue weighted by Crippen LogP contribution is 1.99. The summed E-state index contributed by atoms with van der Waals surface area (Å²) in [5, 5.41) is 0. The van der Waals surface area contributed by atoms with Gasteiger partial charge in [0.2, 0.25) is 11.4 Å². The molecule has 0 aromatic carbocycles. The van der Waals surface area contributed by atoms with E-state index in [4.69, 9.17) is 4.74 Å². The second kappa shape index (κ2) is 10.1. The van der Waals surface area contributed by atoms with Crippen LogP contribution in [-0.4, -0.2) is 16.7 Å². The second-order valence-corrected chi connectivity index (χ2v) is 3.02. The zero-order chi connectivity index (χ0) is 13.8. The van der Waals surface area contributed by atoms with Gasteiger partial charge in [-0.1, -0.05) is 26.0 Å². The molecule has 0 saturated heterocycles. The Morgan fingerprint density at radius 3 is 2.11 bits per heavy atom. The topological polar surface area (TPSA) is 44.1 Å². The van der Waals surface area contributed by atoms with Gasteiger partial charge in [-0.05, 0) is 12.1 Å². The molecule has 0 amide bonds. The summed E-state index contributed by atoms with van der Waals surface area (Å²) in [6.07, 6.45) is 3.42. The number of aryl methyl sites for hydroxylation is 1. The van der Waals surface area contributed by atoms with Crippen LogP contribution in [0.1, 0.15) is 13.8 Å². The first-order chi connectivity index (χ1) is 8.74. The molecule has 2 aromatic rings. The van der Waals surface area contributed by atoms with Crippen molar-refractivity contribution in [1.29, 1.82) is 0 Å². The third-order valence-electron chi connectivity index (χ3n) is 1.85. The quantitative estimate of drug-likeness (QED) is 0.779. The molecule has 0 atom stereocenters. The number of hydrogen-bond donors (Lipinski definition) is 0. The van der Waals surface area contributed by atoms with E-state index in [1.807, 2.05) is 32.0 Å². The number of rotatable bonds is 1. The summed E-state index contributed by atoms with van der Waals surface area (Å²) < 4.78 is 6.33. The van der Waals surface area contributed by atoms with Crippen LogP contribution in [0.3, 0.4) is 0 Å². The van der Waals surface area contributed by atoms with Crippen molar-refractivity contribution < 1.29 is 4.74 Å². The van der Waals surface area contributed by atoms with Crippen LogP contribution in [0.4, 0.5) is 0 Å². The van der Waals surface area contributed by atoms with Crippen LogP contribution in [0.5, 0.6) is 5.88 Å². The smallest absolute Gasteiger partial charge is 0.250 e. The van der Waals surface area contributed by atoms with E-state index in [1.165, 1.54) is 10.6 Å². The van der Waals surface area contributed by atoms with E-state index >= 15 is 0 Å². The molecule has 0 N–H and O–H groups in total. The van der Waals surface area contributed by atoms with Crippen molar-refractivity contribution in [3.05, 3.63) is 59.1 Å². The molecule has 0 aliphatic heterocycles. The van der Waals surface area contributed by atoms with Crippen molar-refractivity contribution in [3.8, 4) is 5.88 Å². The maximum Gasteiger partial charge on any atom is 0.250 e. The van der Waals surface area contributed by atoms with E-state index in [0.29, 0.717) is 5.88 Å². The highest BCUT2D eigenvalue weighted by molar-refractivity contribution is 5.08. The Kier molecular flexibility index (Phi) is 8.90. The lowest BCUT2D eigenvalue weighted by molar-refractivity contribution is 0.398. The molecule has 0 spiro atoms. The van der Waals surface area contributed by atoms with Gasteiger partial charge in [-0.25, -0.2) is 4.98 Å². The first kappa shape index (κ1) is 15.9. The zero-order valence-corrected chi connectivity index (χ0v) is 11.3. The molecule has 0 saturated carbocycles. The van der Waals surface area contributed by atoms with Crippen molar-refractivity contribution in [3.63, 3.8) is 0 Å². The normalized spacial score (nSPS) is 8.22. The van der Waals surface area contributed by atoms with Crippen LogP contribution in [-0.2, 0) is 7.05 Å². The molecule has 2 rings (SSSR count). The summed E-state index contributed by atoms with van der Waals surface area (Å²) >= 11 is 0. The van der Waals surface area contributed by atoms with Crippen molar-refractivity contribution in [2.75, 3.05) is 7.11 Å². The molecule has 0 radical (unpaired) electrons. The first-order valence-corrected chi connectivity index (χ1v) is 5.80. The fraction of sp³-hybridized carbons (Fsp3) is 0.286. The fourth-order valence-corrected chi connectivity index (χ4v) is 0.976. The Hall–Kier alpha value is -2.10. The van der Waals surface area contributed by atoms with E-state index in [9.17, 15) is 4.79 Å². The number of aromatic nitrogens is 2. The number of pyridine rings is 2. The summed E-state index contributed by atoms with van der Waals surface area (Å²) in [5.41, 5.74) is 0.0347. The van der Waals surface area contributed by atoms with Gasteiger partial charge in [-0.15, -0.1) is 0 Å².